The van der Waals surface area contributed by atoms with E-state index in [0.717, 1.165) is 37.5 Å². The number of aromatic nitrogens is 2. The first kappa shape index (κ1) is 24.0. The summed E-state index contributed by atoms with van der Waals surface area (Å²) in [6.45, 7) is 7.64. The van der Waals surface area contributed by atoms with Crippen LogP contribution < -0.4 is 0 Å². The van der Waals surface area contributed by atoms with Gasteiger partial charge < -0.3 is 5.11 Å². The van der Waals surface area contributed by atoms with Crippen molar-refractivity contribution in [2.45, 2.75) is 110 Å². The Morgan fingerprint density at radius 3 is 2.65 bits per heavy atom. The van der Waals surface area contributed by atoms with Gasteiger partial charge in [0.15, 0.2) is 0 Å². The van der Waals surface area contributed by atoms with E-state index < -0.39 is 5.60 Å². The molecule has 1 heterocycles. The number of nitriles is 1. The Kier molecular flexibility index (Phi) is 6.20. The van der Waals surface area contributed by atoms with Crippen molar-refractivity contribution in [3.05, 3.63) is 18.0 Å². The molecule has 0 spiro atoms. The first-order valence-corrected chi connectivity index (χ1v) is 13.8. The molecule has 0 aromatic carbocycles. The highest BCUT2D eigenvalue weighted by atomic mass is 16.3. The second-order valence-electron chi connectivity index (χ2n) is 13.1. The minimum absolute atomic E-state index is 0.123. The number of aryl methyl sites for hydroxylation is 1. The van der Waals surface area contributed by atoms with Crippen LogP contribution in [0.5, 0.6) is 0 Å². The second kappa shape index (κ2) is 8.77. The molecule has 34 heavy (non-hydrogen) atoms. The Labute approximate surface area is 205 Å². The zero-order chi connectivity index (χ0) is 24.1. The van der Waals surface area contributed by atoms with Crippen molar-refractivity contribution in [1.29, 1.82) is 5.26 Å². The zero-order valence-electron chi connectivity index (χ0n) is 21.4. The van der Waals surface area contributed by atoms with E-state index in [-0.39, 0.29) is 11.3 Å². The monoisotopic (exact) mass is 465 g/mol. The average Bonchev–Trinajstić information content (AvgIpc) is 3.21. The fraction of sp³-hybridized carbons (Fsp3) is 0.828. The van der Waals surface area contributed by atoms with E-state index in [2.05, 4.69) is 31.9 Å². The molecule has 1 aromatic heterocycles. The van der Waals surface area contributed by atoms with Crippen LogP contribution in [0.25, 0.3) is 0 Å². The van der Waals surface area contributed by atoms with Crippen molar-refractivity contribution in [2.24, 2.45) is 40.4 Å². The van der Waals surface area contributed by atoms with Gasteiger partial charge in [-0.25, -0.2) is 0 Å². The molecule has 4 aliphatic carbocycles. The van der Waals surface area contributed by atoms with Crippen LogP contribution in [0.1, 0.15) is 103 Å². The Hall–Kier alpha value is -1.67. The molecule has 4 fully saturated rings. The van der Waals surface area contributed by atoms with Crippen LogP contribution in [0.2, 0.25) is 0 Å². The smallest absolute Gasteiger partial charge is 0.138 e. The summed E-state index contributed by atoms with van der Waals surface area (Å²) >= 11 is 0. The van der Waals surface area contributed by atoms with Crippen LogP contribution >= 0.6 is 0 Å². The van der Waals surface area contributed by atoms with E-state index in [1.165, 1.54) is 44.9 Å². The number of hydrogen-bond acceptors (Lipinski definition) is 4. The highest BCUT2D eigenvalue weighted by Crippen LogP contribution is 2.66. The van der Waals surface area contributed by atoms with Gasteiger partial charge in [0.2, 0.25) is 0 Å². The molecule has 8 atom stereocenters. The third kappa shape index (κ3) is 4.04. The van der Waals surface area contributed by atoms with Crippen molar-refractivity contribution in [3.63, 3.8) is 0 Å². The van der Waals surface area contributed by atoms with Crippen LogP contribution in [0.4, 0.5) is 0 Å². The Bertz CT molecular complexity index is 961. The maximum atomic E-state index is 13.5. The van der Waals surface area contributed by atoms with Gasteiger partial charge in [-0.15, -0.1) is 0 Å². The number of carbonyl (C=O) groups excluding carboxylic acids is 1. The molecular weight excluding hydrogens is 422 g/mol. The zero-order valence-corrected chi connectivity index (χ0v) is 21.4. The maximum absolute atomic E-state index is 13.5. The van der Waals surface area contributed by atoms with Gasteiger partial charge in [0.25, 0.3) is 0 Å². The number of fused-ring (bicyclic) bond motifs is 5. The summed E-state index contributed by atoms with van der Waals surface area (Å²) in [5, 5.41) is 24.2. The van der Waals surface area contributed by atoms with E-state index in [9.17, 15) is 9.90 Å². The molecule has 186 valence electrons. The molecule has 0 aliphatic heterocycles. The third-order valence-electron chi connectivity index (χ3n) is 11.2. The molecule has 5 heteroatoms. The van der Waals surface area contributed by atoms with Gasteiger partial charge in [-0.1, -0.05) is 26.7 Å². The minimum atomic E-state index is -0.497. The molecule has 5 rings (SSSR count). The molecule has 1 N–H and O–H groups in total. The summed E-state index contributed by atoms with van der Waals surface area (Å²) in [5.74, 6) is 3.36. The molecule has 0 bridgehead atoms. The normalized spacial score (nSPS) is 44.1. The third-order valence-corrected chi connectivity index (χ3v) is 11.2. The lowest BCUT2D eigenvalue weighted by Crippen LogP contribution is -2.56. The minimum Gasteiger partial charge on any atom is -0.390 e. The second-order valence-corrected chi connectivity index (χ2v) is 13.1. The highest BCUT2D eigenvalue weighted by molar-refractivity contribution is 5.82. The lowest BCUT2D eigenvalue weighted by Gasteiger charge is -2.62. The summed E-state index contributed by atoms with van der Waals surface area (Å²) in [6.07, 6.45) is 16.6. The Morgan fingerprint density at radius 2 is 1.88 bits per heavy atom. The fourth-order valence-corrected chi connectivity index (χ4v) is 9.41. The van der Waals surface area contributed by atoms with Crippen LogP contribution in [-0.2, 0) is 11.3 Å². The first-order chi connectivity index (χ1) is 16.2. The molecule has 1 aromatic rings. The topological polar surface area (TPSA) is 78.9 Å². The van der Waals surface area contributed by atoms with E-state index in [1.54, 1.807) is 17.1 Å². The first-order valence-electron chi connectivity index (χ1n) is 13.8. The number of hydrogen-bond donors (Lipinski definition) is 1. The molecule has 5 nitrogen and oxygen atoms in total. The number of rotatable bonds is 4. The van der Waals surface area contributed by atoms with Crippen LogP contribution in [-0.4, -0.2) is 26.3 Å². The number of Topliss-reactive ketones (excluding diaryl/α,β-unsaturated/α-hetero) is 1. The molecule has 0 radical (unpaired) electrons. The van der Waals surface area contributed by atoms with Gasteiger partial charge in [0.1, 0.15) is 11.9 Å². The molecular formula is C29H43N3O2. The highest BCUT2D eigenvalue weighted by Gasteiger charge is 2.59. The maximum Gasteiger partial charge on any atom is 0.138 e. The van der Waals surface area contributed by atoms with Gasteiger partial charge in [0.05, 0.1) is 17.4 Å². The molecule has 0 amide bonds. The number of carbonyl (C=O) groups is 1. The van der Waals surface area contributed by atoms with Crippen LogP contribution in [0, 0.1) is 51.8 Å². The fourth-order valence-electron chi connectivity index (χ4n) is 9.41. The van der Waals surface area contributed by atoms with E-state index in [0.29, 0.717) is 41.6 Å². The van der Waals surface area contributed by atoms with E-state index >= 15 is 0 Å². The van der Waals surface area contributed by atoms with Crippen molar-refractivity contribution in [3.8, 4) is 6.07 Å². The lowest BCUT2D eigenvalue weighted by atomic mass is 9.42. The van der Waals surface area contributed by atoms with Crippen molar-refractivity contribution in [1.82, 2.24) is 9.78 Å². The molecule has 0 saturated heterocycles. The van der Waals surface area contributed by atoms with Crippen LogP contribution in [0.3, 0.4) is 0 Å². The standard InChI is InChI=1S/C29H43N3O2/c1-27(34)12-5-13-28(2)21(16-27)8-9-22-23-6-4-7-25(29(23,3)14-10-24(22)28)26(33)11-15-32-19-20(17-30)18-31-32/h18-19,21-25,34H,4-16H2,1-3H3/t21-,22+,23+,24+,25-,27-,28+,29+/m1/s1. The van der Waals surface area contributed by atoms with Gasteiger partial charge in [-0.3, -0.25) is 9.48 Å². The summed E-state index contributed by atoms with van der Waals surface area (Å²) in [5.41, 5.74) is 0.529. The number of aliphatic hydroxyl groups is 1. The van der Waals surface area contributed by atoms with E-state index in [4.69, 9.17) is 5.26 Å². The molecule has 4 saturated carbocycles. The number of ketones is 1. The van der Waals surface area contributed by atoms with Crippen LogP contribution in [0.15, 0.2) is 12.4 Å². The molecule has 0 unspecified atom stereocenters. The summed E-state index contributed by atoms with van der Waals surface area (Å²) in [6, 6.07) is 2.12. The van der Waals surface area contributed by atoms with Crippen molar-refractivity contribution >= 4 is 5.78 Å². The van der Waals surface area contributed by atoms with Gasteiger partial charge in [-0.2, -0.15) is 10.4 Å². The van der Waals surface area contributed by atoms with E-state index in [1.807, 2.05) is 0 Å². The lowest BCUT2D eigenvalue weighted by molar-refractivity contribution is -0.153. The predicted molar refractivity (Wildman–Crippen MR) is 132 cm³/mol. The van der Waals surface area contributed by atoms with Gasteiger partial charge >= 0.3 is 0 Å². The predicted octanol–water partition coefficient (Wildman–Crippen LogP) is 5.90. The van der Waals surface area contributed by atoms with Crippen molar-refractivity contribution in [2.75, 3.05) is 0 Å². The largest absolute Gasteiger partial charge is 0.390 e. The SMILES string of the molecule is C[C@@]1(O)CCC[C@@]2(C)[C@H](CC[C@@H]3[C@@H]2CC[C@]2(C)[C@@H](C(=O)CCn4cc(C#N)cn4)CCC[C@@H]32)C1. The van der Waals surface area contributed by atoms with Gasteiger partial charge in [-0.05, 0) is 99.2 Å². The Morgan fingerprint density at radius 1 is 1.09 bits per heavy atom. The Balaban J connectivity index is 1.32. The quantitative estimate of drug-likeness (QED) is 0.600. The summed E-state index contributed by atoms with van der Waals surface area (Å²) < 4.78 is 1.75. The van der Waals surface area contributed by atoms with Crippen molar-refractivity contribution < 1.29 is 9.90 Å². The molecule has 4 aliphatic rings. The summed E-state index contributed by atoms with van der Waals surface area (Å²) in [7, 11) is 0. The number of nitrogens with zero attached hydrogens (tertiary/aromatic N) is 3. The summed E-state index contributed by atoms with van der Waals surface area (Å²) in [4.78, 5) is 13.5. The average molecular weight is 466 g/mol. The van der Waals surface area contributed by atoms with Gasteiger partial charge in [0, 0.05) is 25.1 Å².